The molecule has 0 radical (unpaired) electrons. The zero-order chi connectivity index (χ0) is 20.0. The van der Waals surface area contributed by atoms with Gasteiger partial charge in [0.1, 0.15) is 5.69 Å². The number of carbonyl (C=O) groups is 2. The molecule has 0 N–H and O–H groups in total. The fraction of sp³-hybridized carbons (Fsp3) is 0.0455. The van der Waals surface area contributed by atoms with E-state index in [0.717, 1.165) is 4.90 Å². The summed E-state index contributed by atoms with van der Waals surface area (Å²) in [5, 5.41) is 13.3. The zero-order valence-electron chi connectivity index (χ0n) is 15.1. The molecule has 2 aliphatic heterocycles. The molecule has 2 amide bonds. The molecule has 7 nitrogen and oxygen atoms in total. The minimum atomic E-state index is -0.546. The van der Waals surface area contributed by atoms with E-state index in [0.29, 0.717) is 21.8 Å². The molecule has 3 aromatic carbocycles. The number of hydrogen-bond acceptors (Lipinski definition) is 5. The van der Waals surface area contributed by atoms with Crippen LogP contribution in [0.4, 0.5) is 5.69 Å². The van der Waals surface area contributed by atoms with Gasteiger partial charge in [0, 0.05) is 0 Å². The molecule has 2 aliphatic rings. The maximum atomic E-state index is 13.3. The van der Waals surface area contributed by atoms with Crippen LogP contribution >= 0.6 is 0 Å². The lowest BCUT2D eigenvalue weighted by atomic mass is 10.1. The SMILES string of the molecule is O=C1c2ccccc2C(=O)N1/C(c1ccc2c(c1)OCO2)=[N+](\[O-])c1ccccc1. The minimum absolute atomic E-state index is 0.0703. The molecule has 5 rings (SSSR count). The van der Waals surface area contributed by atoms with Crippen molar-refractivity contribution >= 4 is 23.3 Å². The molecule has 2 heterocycles. The predicted molar refractivity (Wildman–Crippen MR) is 103 cm³/mol. The summed E-state index contributed by atoms with van der Waals surface area (Å²) >= 11 is 0. The van der Waals surface area contributed by atoms with Crippen LogP contribution in [0.3, 0.4) is 0 Å². The first-order valence-electron chi connectivity index (χ1n) is 8.92. The van der Waals surface area contributed by atoms with E-state index in [4.69, 9.17) is 9.47 Å². The van der Waals surface area contributed by atoms with Gasteiger partial charge in [0.15, 0.2) is 11.5 Å². The van der Waals surface area contributed by atoms with Gasteiger partial charge in [0.2, 0.25) is 6.79 Å². The Hall–Kier alpha value is -4.13. The number of amides is 2. The molecule has 0 aliphatic carbocycles. The first-order valence-corrected chi connectivity index (χ1v) is 8.92. The Balaban J connectivity index is 1.72. The summed E-state index contributed by atoms with van der Waals surface area (Å²) in [4.78, 5) is 27.0. The lowest BCUT2D eigenvalue weighted by molar-refractivity contribution is -0.365. The summed E-state index contributed by atoms with van der Waals surface area (Å²) < 4.78 is 11.3. The summed E-state index contributed by atoms with van der Waals surface area (Å²) in [5.74, 6) is -0.212. The number of imide groups is 1. The number of ether oxygens (including phenoxy) is 2. The van der Waals surface area contributed by atoms with Crippen molar-refractivity contribution in [3.63, 3.8) is 0 Å². The molecule has 0 atom stereocenters. The van der Waals surface area contributed by atoms with Gasteiger partial charge in [-0.25, -0.2) is 14.3 Å². The predicted octanol–water partition coefficient (Wildman–Crippen LogP) is 3.30. The molecule has 29 heavy (non-hydrogen) atoms. The normalized spacial score (nSPS) is 15.4. The van der Waals surface area contributed by atoms with Gasteiger partial charge in [0.05, 0.1) is 16.7 Å². The highest BCUT2D eigenvalue weighted by atomic mass is 16.7. The average Bonchev–Trinajstić information content (AvgIpc) is 3.33. The molecule has 0 spiro atoms. The third-order valence-electron chi connectivity index (χ3n) is 4.82. The Morgan fingerprint density at radius 1 is 0.828 bits per heavy atom. The van der Waals surface area contributed by atoms with Crippen molar-refractivity contribution in [3.05, 3.63) is 94.7 Å². The van der Waals surface area contributed by atoms with Gasteiger partial charge in [-0.3, -0.25) is 0 Å². The number of rotatable bonds is 2. The van der Waals surface area contributed by atoms with Crippen molar-refractivity contribution in [2.45, 2.75) is 0 Å². The largest absolute Gasteiger partial charge is 0.710 e. The van der Waals surface area contributed by atoms with Crippen LogP contribution in [0, 0.1) is 5.21 Å². The second-order valence-electron chi connectivity index (χ2n) is 6.51. The Morgan fingerprint density at radius 2 is 1.45 bits per heavy atom. The van der Waals surface area contributed by atoms with E-state index in [-0.39, 0.29) is 29.4 Å². The van der Waals surface area contributed by atoms with Crippen LogP contribution in [-0.4, -0.2) is 34.1 Å². The fourth-order valence-corrected chi connectivity index (χ4v) is 3.44. The van der Waals surface area contributed by atoms with Crippen LogP contribution in [0.15, 0.2) is 72.8 Å². The zero-order valence-corrected chi connectivity index (χ0v) is 15.1. The molecule has 0 fully saturated rings. The van der Waals surface area contributed by atoms with E-state index in [9.17, 15) is 14.8 Å². The van der Waals surface area contributed by atoms with Gasteiger partial charge in [-0.05, 0) is 42.5 Å². The Bertz CT molecular complexity index is 1150. The number of fused-ring (bicyclic) bond motifs is 2. The van der Waals surface area contributed by atoms with Crippen molar-refractivity contribution in [1.82, 2.24) is 4.90 Å². The van der Waals surface area contributed by atoms with Gasteiger partial charge in [-0.2, -0.15) is 0 Å². The van der Waals surface area contributed by atoms with Crippen LogP contribution < -0.4 is 9.47 Å². The summed E-state index contributed by atoms with van der Waals surface area (Å²) in [6.45, 7) is 0.0703. The van der Waals surface area contributed by atoms with Crippen LogP contribution in [-0.2, 0) is 0 Å². The minimum Gasteiger partial charge on any atom is -0.710 e. The summed E-state index contributed by atoms with van der Waals surface area (Å²) in [6.07, 6.45) is 0. The van der Waals surface area contributed by atoms with Crippen molar-refractivity contribution in [2.24, 2.45) is 0 Å². The van der Waals surface area contributed by atoms with E-state index in [1.165, 1.54) is 0 Å². The topological polar surface area (TPSA) is 81.9 Å². The maximum absolute atomic E-state index is 13.3. The van der Waals surface area contributed by atoms with Gasteiger partial charge < -0.3 is 14.7 Å². The highest BCUT2D eigenvalue weighted by Gasteiger charge is 2.47. The van der Waals surface area contributed by atoms with Crippen molar-refractivity contribution in [2.75, 3.05) is 6.79 Å². The average molecular weight is 386 g/mol. The number of benzene rings is 3. The first kappa shape index (κ1) is 17.0. The Kier molecular flexibility index (Phi) is 3.80. The van der Waals surface area contributed by atoms with Gasteiger partial charge in [0.25, 0.3) is 0 Å². The number of nitrogens with zero attached hydrogens (tertiary/aromatic N) is 2. The molecule has 0 aromatic heterocycles. The number of hydrogen-bond donors (Lipinski definition) is 0. The molecular formula is C22H14N2O5. The van der Waals surface area contributed by atoms with E-state index in [1.54, 1.807) is 72.8 Å². The van der Waals surface area contributed by atoms with E-state index >= 15 is 0 Å². The molecule has 3 aromatic rings. The van der Waals surface area contributed by atoms with Crippen LogP contribution in [0.1, 0.15) is 26.3 Å². The smallest absolute Gasteiger partial charge is 0.349 e. The van der Waals surface area contributed by atoms with Gasteiger partial charge in [-0.15, -0.1) is 4.90 Å². The highest BCUT2D eigenvalue weighted by Crippen LogP contribution is 2.34. The van der Waals surface area contributed by atoms with Crippen molar-refractivity contribution < 1.29 is 23.8 Å². The number of carbonyl (C=O) groups excluding carboxylic acids is 2. The Labute approximate surface area is 165 Å². The molecule has 7 heteroatoms. The van der Waals surface area contributed by atoms with Crippen LogP contribution in [0.25, 0.3) is 0 Å². The first-order chi connectivity index (χ1) is 14.1. The summed E-state index contributed by atoms with van der Waals surface area (Å²) in [5.41, 5.74) is 1.17. The molecule has 0 bridgehead atoms. The maximum Gasteiger partial charge on any atom is 0.349 e. The third kappa shape index (κ3) is 2.63. The molecule has 142 valence electrons. The lowest BCUT2D eigenvalue weighted by Crippen LogP contribution is -2.40. The monoisotopic (exact) mass is 386 g/mol. The third-order valence-corrected chi connectivity index (χ3v) is 4.82. The van der Waals surface area contributed by atoms with Gasteiger partial charge in [-0.1, -0.05) is 30.3 Å². The summed E-state index contributed by atoms with van der Waals surface area (Å²) in [7, 11) is 0. The molecular weight excluding hydrogens is 372 g/mol. The standard InChI is InChI=1S/C22H14N2O5/c25-21-16-8-4-5-9-17(16)22(26)23(21)20(24(27)15-6-2-1-3-7-15)14-10-11-18-19(12-14)29-13-28-18/h1-12H,13H2/b24-20-. The Morgan fingerprint density at radius 3 is 2.14 bits per heavy atom. The molecule has 0 saturated heterocycles. The van der Waals surface area contributed by atoms with Crippen molar-refractivity contribution in [3.8, 4) is 11.5 Å². The number of amidine groups is 1. The number of para-hydroxylation sites is 1. The van der Waals surface area contributed by atoms with E-state index in [2.05, 4.69) is 0 Å². The second-order valence-corrected chi connectivity index (χ2v) is 6.51. The molecule has 0 saturated carbocycles. The van der Waals surface area contributed by atoms with Crippen LogP contribution in [0.2, 0.25) is 0 Å². The van der Waals surface area contributed by atoms with Crippen molar-refractivity contribution in [1.29, 1.82) is 0 Å². The highest BCUT2D eigenvalue weighted by molar-refractivity contribution is 6.31. The fourth-order valence-electron chi connectivity index (χ4n) is 3.44. The molecule has 0 unspecified atom stereocenters. The second kappa shape index (κ2) is 6.49. The van der Waals surface area contributed by atoms with Gasteiger partial charge >= 0.3 is 17.6 Å². The van der Waals surface area contributed by atoms with E-state index in [1.807, 2.05) is 0 Å². The van der Waals surface area contributed by atoms with E-state index < -0.39 is 11.8 Å². The summed E-state index contributed by atoms with van der Waals surface area (Å²) in [6, 6.07) is 19.8. The van der Waals surface area contributed by atoms with Crippen LogP contribution in [0.5, 0.6) is 11.5 Å². The lowest BCUT2D eigenvalue weighted by Gasteiger charge is -2.18. The quantitative estimate of drug-likeness (QED) is 0.169.